The second kappa shape index (κ2) is 5.50. The molecular formula is C13H9ClFNO2S. The Morgan fingerprint density at radius 1 is 1.00 bits per heavy atom. The van der Waals surface area contributed by atoms with Gasteiger partial charge >= 0.3 is 0 Å². The van der Waals surface area contributed by atoms with Crippen LogP contribution in [0.15, 0.2) is 63.9 Å². The van der Waals surface area contributed by atoms with Crippen LogP contribution in [0.5, 0.6) is 0 Å². The van der Waals surface area contributed by atoms with Crippen molar-refractivity contribution in [1.82, 2.24) is 0 Å². The molecule has 0 amide bonds. The summed E-state index contributed by atoms with van der Waals surface area (Å²) in [6, 6.07) is 13.2. The van der Waals surface area contributed by atoms with Crippen LogP contribution in [0.4, 0.5) is 4.39 Å². The Kier molecular flexibility index (Phi) is 3.97. The van der Waals surface area contributed by atoms with E-state index in [9.17, 15) is 12.8 Å². The van der Waals surface area contributed by atoms with Crippen LogP contribution in [0.3, 0.4) is 0 Å². The zero-order valence-electron chi connectivity index (χ0n) is 9.62. The zero-order valence-corrected chi connectivity index (χ0v) is 11.2. The highest BCUT2D eigenvalue weighted by atomic mass is 35.5. The third-order valence-electron chi connectivity index (χ3n) is 2.34. The van der Waals surface area contributed by atoms with Gasteiger partial charge in [0.05, 0.1) is 4.90 Å². The van der Waals surface area contributed by atoms with E-state index >= 15 is 0 Å². The highest BCUT2D eigenvalue weighted by Crippen LogP contribution is 2.16. The fourth-order valence-corrected chi connectivity index (χ4v) is 2.77. The molecule has 2 aromatic carbocycles. The summed E-state index contributed by atoms with van der Waals surface area (Å²) in [7, 11) is -3.94. The highest BCUT2D eigenvalue weighted by molar-refractivity contribution is 7.90. The molecule has 0 atom stereocenters. The summed E-state index contributed by atoms with van der Waals surface area (Å²) >= 11 is 5.78. The SMILES string of the molecule is O=S(=O)(/N=C(/Cl)c1ccccc1F)c1ccccc1. The molecule has 0 spiro atoms. The summed E-state index contributed by atoms with van der Waals surface area (Å²) in [6.07, 6.45) is 0. The van der Waals surface area contributed by atoms with E-state index in [4.69, 9.17) is 11.6 Å². The Hall–Kier alpha value is -1.72. The van der Waals surface area contributed by atoms with E-state index in [1.165, 1.54) is 30.3 Å². The molecule has 98 valence electrons. The molecule has 0 aliphatic carbocycles. The topological polar surface area (TPSA) is 46.5 Å². The average Bonchev–Trinajstić information content (AvgIpc) is 2.39. The minimum Gasteiger partial charge on any atom is -0.206 e. The van der Waals surface area contributed by atoms with Crippen molar-refractivity contribution in [3.8, 4) is 0 Å². The van der Waals surface area contributed by atoms with Gasteiger partial charge in [0.2, 0.25) is 0 Å². The maximum atomic E-state index is 13.5. The van der Waals surface area contributed by atoms with Crippen molar-refractivity contribution < 1.29 is 12.8 Å². The third kappa shape index (κ3) is 3.19. The summed E-state index contributed by atoms with van der Waals surface area (Å²) in [6.45, 7) is 0. The van der Waals surface area contributed by atoms with E-state index in [0.29, 0.717) is 0 Å². The summed E-state index contributed by atoms with van der Waals surface area (Å²) in [5.41, 5.74) is -0.0522. The molecule has 2 rings (SSSR count). The number of nitrogens with zero attached hydrogens (tertiary/aromatic N) is 1. The molecule has 0 saturated heterocycles. The fraction of sp³-hybridized carbons (Fsp3) is 0. The van der Waals surface area contributed by atoms with E-state index in [2.05, 4.69) is 4.40 Å². The third-order valence-corrected chi connectivity index (χ3v) is 4.02. The summed E-state index contributed by atoms with van der Waals surface area (Å²) in [5, 5.41) is -0.401. The molecule has 0 N–H and O–H groups in total. The van der Waals surface area contributed by atoms with Crippen LogP contribution in [0.25, 0.3) is 0 Å². The lowest BCUT2D eigenvalue weighted by Crippen LogP contribution is -2.03. The van der Waals surface area contributed by atoms with E-state index in [1.54, 1.807) is 24.3 Å². The number of hydrogen-bond acceptors (Lipinski definition) is 2. The number of hydrogen-bond donors (Lipinski definition) is 0. The van der Waals surface area contributed by atoms with Gasteiger partial charge in [-0.3, -0.25) is 0 Å². The predicted molar refractivity (Wildman–Crippen MR) is 72.4 cm³/mol. The first-order chi connectivity index (χ1) is 9.00. The molecule has 0 aromatic heterocycles. The summed E-state index contributed by atoms with van der Waals surface area (Å²) in [5.74, 6) is -0.625. The van der Waals surface area contributed by atoms with Crippen molar-refractivity contribution in [2.75, 3.05) is 0 Å². The average molecular weight is 298 g/mol. The van der Waals surface area contributed by atoms with Gasteiger partial charge < -0.3 is 0 Å². The second-order valence-electron chi connectivity index (χ2n) is 3.65. The van der Waals surface area contributed by atoms with Crippen LogP contribution < -0.4 is 0 Å². The molecule has 6 heteroatoms. The van der Waals surface area contributed by atoms with Gasteiger partial charge in [0.1, 0.15) is 5.82 Å². The highest BCUT2D eigenvalue weighted by Gasteiger charge is 2.15. The van der Waals surface area contributed by atoms with Crippen molar-refractivity contribution in [3.63, 3.8) is 0 Å². The molecule has 0 saturated carbocycles. The van der Waals surface area contributed by atoms with Gasteiger partial charge in [-0.25, -0.2) is 4.39 Å². The minimum absolute atomic E-state index is 0.00416. The van der Waals surface area contributed by atoms with Crippen LogP contribution in [-0.4, -0.2) is 13.6 Å². The van der Waals surface area contributed by atoms with Crippen molar-refractivity contribution in [3.05, 3.63) is 66.0 Å². The zero-order chi connectivity index (χ0) is 13.9. The Bertz CT molecular complexity index is 714. The van der Waals surface area contributed by atoms with Crippen LogP contribution in [-0.2, 0) is 10.0 Å². The van der Waals surface area contributed by atoms with Gasteiger partial charge in [-0.2, -0.15) is 8.42 Å². The number of sulfonamides is 1. The van der Waals surface area contributed by atoms with E-state index in [0.717, 1.165) is 0 Å². The Morgan fingerprint density at radius 2 is 1.58 bits per heavy atom. The van der Waals surface area contributed by atoms with Gasteiger partial charge in [-0.15, -0.1) is 4.40 Å². The largest absolute Gasteiger partial charge is 0.283 e. The molecule has 0 aliphatic heterocycles. The monoisotopic (exact) mass is 297 g/mol. The predicted octanol–water partition coefficient (Wildman–Crippen LogP) is 3.20. The lowest BCUT2D eigenvalue weighted by molar-refractivity contribution is 0.598. The van der Waals surface area contributed by atoms with E-state index in [-0.39, 0.29) is 10.5 Å². The molecule has 0 unspecified atom stereocenters. The number of rotatable bonds is 3. The smallest absolute Gasteiger partial charge is 0.206 e. The normalized spacial score (nSPS) is 12.4. The van der Waals surface area contributed by atoms with Gasteiger partial charge in [0.15, 0.2) is 5.17 Å². The van der Waals surface area contributed by atoms with Crippen LogP contribution in [0.2, 0.25) is 0 Å². The van der Waals surface area contributed by atoms with Gasteiger partial charge in [-0.05, 0) is 24.3 Å². The first-order valence-electron chi connectivity index (χ1n) is 5.31. The van der Waals surface area contributed by atoms with Gasteiger partial charge in [0.25, 0.3) is 10.0 Å². The van der Waals surface area contributed by atoms with Crippen molar-refractivity contribution in [2.45, 2.75) is 4.90 Å². The maximum absolute atomic E-state index is 13.5. The lowest BCUT2D eigenvalue weighted by Gasteiger charge is -2.02. The molecule has 0 bridgehead atoms. The first kappa shape index (κ1) is 13.7. The molecule has 19 heavy (non-hydrogen) atoms. The van der Waals surface area contributed by atoms with Crippen molar-refractivity contribution in [2.24, 2.45) is 4.40 Å². The van der Waals surface area contributed by atoms with Gasteiger partial charge in [0, 0.05) is 5.56 Å². The quantitative estimate of drug-likeness (QED) is 0.817. The lowest BCUT2D eigenvalue weighted by atomic mass is 10.2. The number of halogens is 2. The molecule has 0 aliphatic rings. The molecule has 0 radical (unpaired) electrons. The minimum atomic E-state index is -3.94. The van der Waals surface area contributed by atoms with Crippen molar-refractivity contribution in [1.29, 1.82) is 0 Å². The Balaban J connectivity index is 2.45. The summed E-state index contributed by atoms with van der Waals surface area (Å²) < 4.78 is 40.7. The molecular weight excluding hydrogens is 289 g/mol. The van der Waals surface area contributed by atoms with Gasteiger partial charge in [-0.1, -0.05) is 41.9 Å². The second-order valence-corrected chi connectivity index (χ2v) is 5.61. The molecule has 0 heterocycles. The number of benzene rings is 2. The van der Waals surface area contributed by atoms with Crippen molar-refractivity contribution >= 4 is 26.8 Å². The van der Waals surface area contributed by atoms with E-state index < -0.39 is 21.0 Å². The maximum Gasteiger partial charge on any atom is 0.283 e. The molecule has 0 fully saturated rings. The molecule has 2 aromatic rings. The van der Waals surface area contributed by atoms with E-state index in [1.807, 2.05) is 0 Å². The first-order valence-corrected chi connectivity index (χ1v) is 7.13. The van der Waals surface area contributed by atoms with Crippen LogP contribution in [0, 0.1) is 5.82 Å². The summed E-state index contributed by atoms with van der Waals surface area (Å²) in [4.78, 5) is 0.00416. The fourth-order valence-electron chi connectivity index (χ4n) is 1.43. The van der Waals surface area contributed by atoms with Crippen LogP contribution in [0.1, 0.15) is 5.56 Å². The van der Waals surface area contributed by atoms with Crippen LogP contribution >= 0.6 is 11.6 Å². The Labute approximate surface area is 115 Å². The standard InChI is InChI=1S/C13H9ClFNO2S/c14-13(11-8-4-5-9-12(11)15)16-19(17,18)10-6-2-1-3-7-10/h1-9H/b16-13+. The Morgan fingerprint density at radius 3 is 2.21 bits per heavy atom. The molecule has 3 nitrogen and oxygen atoms in total.